The molecule has 0 radical (unpaired) electrons. The first-order chi connectivity index (χ1) is 11.0. The second-order valence-electron chi connectivity index (χ2n) is 4.81. The smallest absolute Gasteiger partial charge is 0.257 e. The zero-order valence-corrected chi connectivity index (χ0v) is 14.4. The van der Waals surface area contributed by atoms with Crippen molar-refractivity contribution in [2.24, 2.45) is 0 Å². The van der Waals surface area contributed by atoms with Gasteiger partial charge in [0.05, 0.1) is 12.1 Å². The molecule has 120 valence electrons. The van der Waals surface area contributed by atoms with Gasteiger partial charge in [0, 0.05) is 11.3 Å². The minimum atomic E-state index is -0.336. The van der Waals surface area contributed by atoms with Gasteiger partial charge in [-0.15, -0.1) is 0 Å². The average Bonchev–Trinajstić information content (AvgIpc) is 2.55. The molecular formula is C17H17ClN2O2S. The lowest BCUT2D eigenvalue weighted by molar-refractivity contribution is 0.0977. The van der Waals surface area contributed by atoms with E-state index in [4.69, 9.17) is 28.6 Å². The summed E-state index contributed by atoms with van der Waals surface area (Å²) in [5.41, 5.74) is 2.46. The molecule has 0 atom stereocenters. The second kappa shape index (κ2) is 7.94. The van der Waals surface area contributed by atoms with E-state index in [2.05, 4.69) is 17.6 Å². The van der Waals surface area contributed by atoms with E-state index in [9.17, 15) is 4.79 Å². The maximum Gasteiger partial charge on any atom is 0.257 e. The number of amides is 1. The molecule has 6 heteroatoms. The zero-order valence-electron chi connectivity index (χ0n) is 12.9. The van der Waals surface area contributed by atoms with Crippen LogP contribution in [0.25, 0.3) is 0 Å². The lowest BCUT2D eigenvalue weighted by Gasteiger charge is -2.11. The number of carbonyl (C=O) groups is 1. The highest BCUT2D eigenvalue weighted by Gasteiger charge is 2.10. The average molecular weight is 349 g/mol. The number of methoxy groups -OCH3 is 1. The van der Waals surface area contributed by atoms with Crippen LogP contribution in [-0.4, -0.2) is 18.1 Å². The number of halogens is 1. The predicted molar refractivity (Wildman–Crippen MR) is 97.5 cm³/mol. The molecule has 0 unspecified atom stereocenters. The van der Waals surface area contributed by atoms with Crippen LogP contribution in [0.4, 0.5) is 5.69 Å². The summed E-state index contributed by atoms with van der Waals surface area (Å²) in [5.74, 6) is 0.178. The molecule has 0 aliphatic rings. The molecule has 0 saturated heterocycles. The Morgan fingerprint density at radius 1 is 1.22 bits per heavy atom. The molecule has 0 bridgehead atoms. The van der Waals surface area contributed by atoms with Crippen molar-refractivity contribution in [2.75, 3.05) is 12.4 Å². The van der Waals surface area contributed by atoms with Crippen LogP contribution in [0, 0.1) is 0 Å². The number of aryl methyl sites for hydroxylation is 1. The zero-order chi connectivity index (χ0) is 16.8. The molecular weight excluding hydrogens is 332 g/mol. The van der Waals surface area contributed by atoms with Crippen molar-refractivity contribution in [3.8, 4) is 5.75 Å². The number of benzene rings is 2. The molecule has 1 amide bonds. The molecule has 23 heavy (non-hydrogen) atoms. The third-order valence-corrected chi connectivity index (χ3v) is 3.76. The van der Waals surface area contributed by atoms with Crippen LogP contribution >= 0.6 is 23.8 Å². The van der Waals surface area contributed by atoms with Crippen LogP contribution in [0.5, 0.6) is 5.75 Å². The standard InChI is InChI=1S/C17H17ClN2O2S/c1-3-11-4-7-13(8-5-11)19-17(23)20-16(21)12-6-9-15(22-2)14(18)10-12/h4-10H,3H2,1-2H3,(H2,19,20,21,23). The largest absolute Gasteiger partial charge is 0.495 e. The van der Waals surface area contributed by atoms with Gasteiger partial charge >= 0.3 is 0 Å². The van der Waals surface area contributed by atoms with E-state index in [1.807, 2.05) is 24.3 Å². The van der Waals surface area contributed by atoms with E-state index >= 15 is 0 Å². The highest BCUT2D eigenvalue weighted by Crippen LogP contribution is 2.24. The van der Waals surface area contributed by atoms with Crippen molar-refractivity contribution in [2.45, 2.75) is 13.3 Å². The Bertz CT molecular complexity index is 717. The van der Waals surface area contributed by atoms with E-state index < -0.39 is 0 Å². The van der Waals surface area contributed by atoms with Gasteiger partial charge in [0.15, 0.2) is 5.11 Å². The number of nitrogens with one attached hydrogen (secondary N) is 2. The first-order valence-electron chi connectivity index (χ1n) is 7.08. The summed E-state index contributed by atoms with van der Waals surface area (Å²) < 4.78 is 5.06. The molecule has 0 fully saturated rings. The Morgan fingerprint density at radius 3 is 2.48 bits per heavy atom. The quantitative estimate of drug-likeness (QED) is 0.819. The van der Waals surface area contributed by atoms with Gasteiger partial charge in [-0.3, -0.25) is 10.1 Å². The summed E-state index contributed by atoms with van der Waals surface area (Å²) >= 11 is 11.2. The van der Waals surface area contributed by atoms with Crippen LogP contribution in [0.3, 0.4) is 0 Å². The van der Waals surface area contributed by atoms with Crippen LogP contribution in [0.2, 0.25) is 5.02 Å². The Balaban J connectivity index is 1.98. The Labute approximate surface area is 145 Å². The van der Waals surface area contributed by atoms with Gasteiger partial charge in [-0.05, 0) is 54.5 Å². The molecule has 2 N–H and O–H groups in total. The fourth-order valence-corrected chi connectivity index (χ4v) is 2.44. The van der Waals surface area contributed by atoms with E-state index in [0.29, 0.717) is 16.3 Å². The van der Waals surface area contributed by atoms with Crippen molar-refractivity contribution in [3.63, 3.8) is 0 Å². The van der Waals surface area contributed by atoms with Crippen molar-refractivity contribution in [1.82, 2.24) is 5.32 Å². The monoisotopic (exact) mass is 348 g/mol. The Kier molecular flexibility index (Phi) is 5.96. The third-order valence-electron chi connectivity index (χ3n) is 3.26. The summed E-state index contributed by atoms with van der Waals surface area (Å²) in [4.78, 5) is 12.2. The molecule has 4 nitrogen and oxygen atoms in total. The van der Waals surface area contributed by atoms with Crippen molar-refractivity contribution in [3.05, 3.63) is 58.6 Å². The lowest BCUT2D eigenvalue weighted by Crippen LogP contribution is -2.34. The maximum absolute atomic E-state index is 12.2. The van der Waals surface area contributed by atoms with E-state index in [1.54, 1.807) is 12.1 Å². The highest BCUT2D eigenvalue weighted by molar-refractivity contribution is 7.80. The fraction of sp³-hybridized carbons (Fsp3) is 0.176. The lowest BCUT2D eigenvalue weighted by atomic mass is 10.1. The first kappa shape index (κ1) is 17.2. The van der Waals surface area contributed by atoms with Gasteiger partial charge in [0.2, 0.25) is 0 Å². The number of hydrogen-bond donors (Lipinski definition) is 2. The number of ether oxygens (including phenoxy) is 1. The Hall–Kier alpha value is -2.11. The minimum absolute atomic E-state index is 0.228. The molecule has 2 aromatic carbocycles. The van der Waals surface area contributed by atoms with Gasteiger partial charge < -0.3 is 10.1 Å². The Morgan fingerprint density at radius 2 is 1.91 bits per heavy atom. The summed E-state index contributed by atoms with van der Waals surface area (Å²) in [6.45, 7) is 2.09. The van der Waals surface area contributed by atoms with Gasteiger partial charge in [0.25, 0.3) is 5.91 Å². The van der Waals surface area contributed by atoms with Gasteiger partial charge in [-0.2, -0.15) is 0 Å². The normalized spacial score (nSPS) is 10.0. The van der Waals surface area contributed by atoms with E-state index in [0.717, 1.165) is 12.1 Å². The summed E-state index contributed by atoms with van der Waals surface area (Å²) in [5, 5.41) is 6.19. The second-order valence-corrected chi connectivity index (χ2v) is 5.62. The third kappa shape index (κ3) is 4.68. The summed E-state index contributed by atoms with van der Waals surface area (Å²) in [6, 6.07) is 12.7. The molecule has 0 spiro atoms. The van der Waals surface area contributed by atoms with E-state index in [1.165, 1.54) is 18.7 Å². The van der Waals surface area contributed by atoms with Crippen LogP contribution in [-0.2, 0) is 6.42 Å². The summed E-state index contributed by atoms with van der Waals surface area (Å²) in [6.07, 6.45) is 0.972. The number of anilines is 1. The van der Waals surface area contributed by atoms with Crippen molar-refractivity contribution < 1.29 is 9.53 Å². The topological polar surface area (TPSA) is 50.4 Å². The van der Waals surface area contributed by atoms with Gasteiger partial charge in [0.1, 0.15) is 5.75 Å². The molecule has 2 rings (SSSR count). The van der Waals surface area contributed by atoms with Crippen molar-refractivity contribution in [1.29, 1.82) is 0 Å². The molecule has 0 saturated carbocycles. The molecule has 0 aliphatic heterocycles. The van der Waals surface area contributed by atoms with Crippen LogP contribution in [0.15, 0.2) is 42.5 Å². The van der Waals surface area contributed by atoms with Gasteiger partial charge in [-0.25, -0.2) is 0 Å². The van der Waals surface area contributed by atoms with Gasteiger partial charge in [-0.1, -0.05) is 30.7 Å². The SMILES string of the molecule is CCc1ccc(NC(=S)NC(=O)c2ccc(OC)c(Cl)c2)cc1. The number of rotatable bonds is 4. The van der Waals surface area contributed by atoms with Crippen LogP contribution in [0.1, 0.15) is 22.8 Å². The van der Waals surface area contributed by atoms with Crippen molar-refractivity contribution >= 4 is 40.5 Å². The fourth-order valence-electron chi connectivity index (χ4n) is 1.97. The number of carbonyl (C=O) groups excluding carboxylic acids is 1. The van der Waals surface area contributed by atoms with Crippen LogP contribution < -0.4 is 15.4 Å². The summed E-state index contributed by atoms with van der Waals surface area (Å²) in [7, 11) is 1.52. The number of hydrogen-bond acceptors (Lipinski definition) is 3. The molecule has 0 aliphatic carbocycles. The van der Waals surface area contributed by atoms with E-state index in [-0.39, 0.29) is 11.0 Å². The first-order valence-corrected chi connectivity index (χ1v) is 7.87. The maximum atomic E-state index is 12.2. The minimum Gasteiger partial charge on any atom is -0.495 e. The number of thiocarbonyl (C=S) groups is 1. The molecule has 0 heterocycles. The highest BCUT2D eigenvalue weighted by atomic mass is 35.5. The molecule has 0 aromatic heterocycles. The predicted octanol–water partition coefficient (Wildman–Crippen LogP) is 4.04. The molecule has 2 aromatic rings.